The van der Waals surface area contributed by atoms with Crippen molar-refractivity contribution in [3.8, 4) is 0 Å². The molecule has 0 bridgehead atoms. The van der Waals surface area contributed by atoms with Gasteiger partial charge in [-0.3, -0.25) is 4.90 Å². The maximum Gasteiger partial charge on any atom is 0.169 e. The Balaban J connectivity index is 1.81. The van der Waals surface area contributed by atoms with Crippen molar-refractivity contribution in [2.75, 3.05) is 19.6 Å². The fraction of sp³-hybridized carbons (Fsp3) is 0.692. The van der Waals surface area contributed by atoms with Crippen LogP contribution >= 0.6 is 15.9 Å². The molecule has 0 aromatic carbocycles. The lowest BCUT2D eigenvalue weighted by Gasteiger charge is -2.24. The molecule has 4 heteroatoms. The second-order valence-corrected chi connectivity index (χ2v) is 5.48. The molecule has 2 unspecified atom stereocenters. The van der Waals surface area contributed by atoms with Gasteiger partial charge in [-0.15, -0.1) is 0 Å². The molecule has 0 saturated carbocycles. The number of furan rings is 1. The predicted molar refractivity (Wildman–Crippen MR) is 73.1 cm³/mol. The van der Waals surface area contributed by atoms with Crippen molar-refractivity contribution in [3.63, 3.8) is 0 Å². The van der Waals surface area contributed by atoms with Crippen LogP contribution in [0.1, 0.15) is 38.5 Å². The molecule has 1 saturated heterocycles. The minimum absolute atomic E-state index is 0.278. The number of likely N-dealkylation sites (N-methyl/N-ethyl adjacent to an activating group) is 1. The van der Waals surface area contributed by atoms with Crippen LogP contribution < -0.4 is 5.32 Å². The van der Waals surface area contributed by atoms with Crippen molar-refractivity contribution in [2.45, 2.75) is 38.8 Å². The van der Waals surface area contributed by atoms with Crippen LogP contribution in [0, 0.1) is 0 Å². The number of nitrogens with zero attached hydrogens (tertiary/aromatic N) is 1. The Morgan fingerprint density at radius 1 is 1.59 bits per heavy atom. The van der Waals surface area contributed by atoms with E-state index in [-0.39, 0.29) is 6.04 Å². The van der Waals surface area contributed by atoms with Gasteiger partial charge in [-0.05, 0) is 60.9 Å². The minimum atomic E-state index is 0.278. The van der Waals surface area contributed by atoms with Crippen LogP contribution in [0.3, 0.4) is 0 Å². The summed E-state index contributed by atoms with van der Waals surface area (Å²) < 4.78 is 6.36. The number of rotatable bonds is 5. The molecular weight excluding hydrogens is 280 g/mol. The van der Waals surface area contributed by atoms with Gasteiger partial charge in [-0.2, -0.15) is 0 Å². The highest BCUT2D eigenvalue weighted by molar-refractivity contribution is 9.10. The quantitative estimate of drug-likeness (QED) is 0.905. The molecule has 0 radical (unpaired) electrons. The molecule has 1 aromatic rings. The first kappa shape index (κ1) is 13.1. The molecule has 2 heterocycles. The Kier molecular flexibility index (Phi) is 4.65. The Morgan fingerprint density at radius 3 is 3.06 bits per heavy atom. The summed E-state index contributed by atoms with van der Waals surface area (Å²) in [6.45, 7) is 7.85. The molecule has 1 fully saturated rings. The van der Waals surface area contributed by atoms with E-state index in [1.54, 1.807) is 0 Å². The highest BCUT2D eigenvalue weighted by Crippen LogP contribution is 2.21. The van der Waals surface area contributed by atoms with Crippen molar-refractivity contribution in [1.29, 1.82) is 0 Å². The maximum absolute atomic E-state index is 5.55. The fourth-order valence-electron chi connectivity index (χ4n) is 2.52. The number of likely N-dealkylation sites (tertiary alicyclic amines) is 1. The highest BCUT2D eigenvalue weighted by Gasteiger charge is 2.23. The first-order chi connectivity index (χ1) is 8.20. The van der Waals surface area contributed by atoms with Gasteiger partial charge in [-0.25, -0.2) is 0 Å². The molecule has 1 aliphatic heterocycles. The summed E-state index contributed by atoms with van der Waals surface area (Å²) in [5.41, 5.74) is 0. The average molecular weight is 301 g/mol. The van der Waals surface area contributed by atoms with Crippen molar-refractivity contribution in [1.82, 2.24) is 10.2 Å². The first-order valence-corrected chi connectivity index (χ1v) is 7.22. The summed E-state index contributed by atoms with van der Waals surface area (Å²) in [6.07, 6.45) is 2.65. The lowest BCUT2D eigenvalue weighted by molar-refractivity contribution is 0.251. The summed E-state index contributed by atoms with van der Waals surface area (Å²) in [4.78, 5) is 2.55. The number of hydrogen-bond acceptors (Lipinski definition) is 3. The maximum atomic E-state index is 5.55. The molecule has 2 rings (SSSR count). The second kappa shape index (κ2) is 6.03. The Labute approximate surface area is 112 Å². The summed E-state index contributed by atoms with van der Waals surface area (Å²) in [5, 5.41) is 3.56. The first-order valence-electron chi connectivity index (χ1n) is 6.43. The van der Waals surface area contributed by atoms with E-state index in [0.29, 0.717) is 6.04 Å². The average Bonchev–Trinajstić information content (AvgIpc) is 2.94. The van der Waals surface area contributed by atoms with E-state index in [2.05, 4.69) is 40.0 Å². The minimum Gasteiger partial charge on any atom is -0.453 e. The van der Waals surface area contributed by atoms with E-state index in [1.165, 1.54) is 19.4 Å². The van der Waals surface area contributed by atoms with Gasteiger partial charge >= 0.3 is 0 Å². The van der Waals surface area contributed by atoms with Gasteiger partial charge in [0.15, 0.2) is 4.67 Å². The molecule has 1 aromatic heterocycles. The summed E-state index contributed by atoms with van der Waals surface area (Å²) >= 11 is 3.34. The van der Waals surface area contributed by atoms with Crippen LogP contribution in [0.25, 0.3) is 0 Å². The lowest BCUT2D eigenvalue weighted by Crippen LogP contribution is -2.38. The summed E-state index contributed by atoms with van der Waals surface area (Å²) in [5.74, 6) is 0.998. The second-order valence-electron chi connectivity index (χ2n) is 4.70. The standard InChI is InChI=1S/C13H21BrN2O/c1-3-16-8-4-5-11(16)9-15-10(2)12-6-7-13(14)17-12/h6-7,10-11,15H,3-5,8-9H2,1-2H3. The molecular formula is C13H21BrN2O. The van der Waals surface area contributed by atoms with E-state index < -0.39 is 0 Å². The van der Waals surface area contributed by atoms with E-state index in [1.807, 2.05) is 12.1 Å². The largest absolute Gasteiger partial charge is 0.453 e. The van der Waals surface area contributed by atoms with Crippen molar-refractivity contribution in [2.24, 2.45) is 0 Å². The summed E-state index contributed by atoms with van der Waals surface area (Å²) in [6, 6.07) is 4.94. The monoisotopic (exact) mass is 300 g/mol. The van der Waals surface area contributed by atoms with Crippen LogP contribution in [-0.4, -0.2) is 30.6 Å². The number of hydrogen-bond donors (Lipinski definition) is 1. The molecule has 0 amide bonds. The molecule has 1 N–H and O–H groups in total. The van der Waals surface area contributed by atoms with Gasteiger partial charge in [0.1, 0.15) is 5.76 Å². The van der Waals surface area contributed by atoms with Crippen molar-refractivity contribution < 1.29 is 4.42 Å². The third kappa shape index (κ3) is 3.33. The zero-order valence-corrected chi connectivity index (χ0v) is 12.2. The normalized spacial score (nSPS) is 23.1. The van der Waals surface area contributed by atoms with Gasteiger partial charge < -0.3 is 9.73 Å². The molecule has 0 aliphatic carbocycles. The molecule has 3 nitrogen and oxygen atoms in total. The van der Waals surface area contributed by atoms with E-state index in [4.69, 9.17) is 4.42 Å². The molecule has 0 spiro atoms. The zero-order chi connectivity index (χ0) is 12.3. The van der Waals surface area contributed by atoms with Crippen molar-refractivity contribution >= 4 is 15.9 Å². The van der Waals surface area contributed by atoms with Gasteiger partial charge in [0.05, 0.1) is 6.04 Å². The van der Waals surface area contributed by atoms with Gasteiger partial charge in [0.25, 0.3) is 0 Å². The van der Waals surface area contributed by atoms with Crippen LogP contribution in [0.4, 0.5) is 0 Å². The van der Waals surface area contributed by atoms with Gasteiger partial charge in [0, 0.05) is 12.6 Å². The molecule has 96 valence electrons. The topological polar surface area (TPSA) is 28.4 Å². The van der Waals surface area contributed by atoms with Crippen molar-refractivity contribution in [3.05, 3.63) is 22.6 Å². The van der Waals surface area contributed by atoms with Gasteiger partial charge in [0.2, 0.25) is 0 Å². The fourth-order valence-corrected chi connectivity index (χ4v) is 2.84. The SMILES string of the molecule is CCN1CCCC1CNC(C)c1ccc(Br)o1. The molecule has 1 aliphatic rings. The van der Waals surface area contributed by atoms with Crippen LogP contribution in [0.2, 0.25) is 0 Å². The van der Waals surface area contributed by atoms with E-state index >= 15 is 0 Å². The Hall–Kier alpha value is -0.320. The predicted octanol–water partition coefficient (Wildman–Crippen LogP) is 3.18. The lowest BCUT2D eigenvalue weighted by atomic mass is 10.2. The molecule has 17 heavy (non-hydrogen) atoms. The van der Waals surface area contributed by atoms with Crippen LogP contribution in [0.15, 0.2) is 21.2 Å². The van der Waals surface area contributed by atoms with Crippen LogP contribution in [0.5, 0.6) is 0 Å². The third-order valence-electron chi connectivity index (χ3n) is 3.59. The van der Waals surface area contributed by atoms with Gasteiger partial charge in [-0.1, -0.05) is 6.92 Å². The summed E-state index contributed by atoms with van der Waals surface area (Å²) in [7, 11) is 0. The Bertz CT molecular complexity index is 353. The van der Waals surface area contributed by atoms with E-state index in [0.717, 1.165) is 23.5 Å². The number of nitrogens with one attached hydrogen (secondary N) is 1. The number of halogens is 1. The third-order valence-corrected chi connectivity index (χ3v) is 4.01. The van der Waals surface area contributed by atoms with E-state index in [9.17, 15) is 0 Å². The van der Waals surface area contributed by atoms with Crippen LogP contribution in [-0.2, 0) is 0 Å². The molecule has 2 atom stereocenters. The highest BCUT2D eigenvalue weighted by atomic mass is 79.9. The smallest absolute Gasteiger partial charge is 0.169 e. The Morgan fingerprint density at radius 2 is 2.41 bits per heavy atom. The zero-order valence-electron chi connectivity index (χ0n) is 10.6.